The highest BCUT2D eigenvalue weighted by atomic mass is 16.4. The Morgan fingerprint density at radius 1 is 1.06 bits per heavy atom. The number of rotatable bonds is 2. The summed E-state index contributed by atoms with van der Waals surface area (Å²) in [5, 5.41) is 9.25. The third kappa shape index (κ3) is 2.49. The van der Waals surface area contributed by atoms with Crippen molar-refractivity contribution in [3.63, 3.8) is 0 Å². The van der Waals surface area contributed by atoms with Crippen molar-refractivity contribution in [1.82, 2.24) is 4.90 Å². The van der Waals surface area contributed by atoms with Crippen molar-refractivity contribution < 1.29 is 9.90 Å². The van der Waals surface area contributed by atoms with Crippen LogP contribution in [-0.2, 0) is 4.79 Å². The number of hydrogen-bond donors (Lipinski definition) is 1. The number of carboxylic acids is 1. The van der Waals surface area contributed by atoms with Crippen LogP contribution in [0.3, 0.4) is 0 Å². The number of carbonyl (C=O) groups is 1. The fourth-order valence-electron chi connectivity index (χ4n) is 3.48. The highest BCUT2D eigenvalue weighted by Gasteiger charge is 2.41. The molecule has 3 heteroatoms. The van der Waals surface area contributed by atoms with Gasteiger partial charge in [-0.3, -0.25) is 9.69 Å². The summed E-state index contributed by atoms with van der Waals surface area (Å²) in [5.74, 6) is -0.697. The summed E-state index contributed by atoms with van der Waals surface area (Å²) in [5.41, 5.74) is -0.139. The molecule has 17 heavy (non-hydrogen) atoms. The number of carboxylic acid groups (broad SMARTS) is 1. The fraction of sp³-hybridized carbons (Fsp3) is 0.929. The van der Waals surface area contributed by atoms with Gasteiger partial charge < -0.3 is 5.11 Å². The van der Waals surface area contributed by atoms with E-state index in [1.165, 1.54) is 44.9 Å². The lowest BCUT2D eigenvalue weighted by Gasteiger charge is -2.47. The van der Waals surface area contributed by atoms with Crippen molar-refractivity contribution in [3.05, 3.63) is 0 Å². The maximum Gasteiger partial charge on any atom is 0.323 e. The average molecular weight is 239 g/mol. The van der Waals surface area contributed by atoms with Gasteiger partial charge in [0.05, 0.1) is 0 Å². The van der Waals surface area contributed by atoms with Gasteiger partial charge >= 0.3 is 5.97 Å². The Kier molecular flexibility index (Phi) is 3.48. The van der Waals surface area contributed by atoms with Crippen molar-refractivity contribution in [2.24, 2.45) is 5.41 Å². The molecule has 1 N–H and O–H groups in total. The number of piperidine rings is 1. The second kappa shape index (κ2) is 4.60. The van der Waals surface area contributed by atoms with Gasteiger partial charge in [-0.2, -0.15) is 0 Å². The van der Waals surface area contributed by atoms with E-state index in [4.69, 9.17) is 0 Å². The molecular weight excluding hydrogens is 214 g/mol. The molecule has 1 saturated heterocycles. The zero-order chi connectivity index (χ0) is 12.5. The molecule has 0 amide bonds. The fourth-order valence-corrected chi connectivity index (χ4v) is 3.48. The number of aliphatic carboxylic acids is 1. The van der Waals surface area contributed by atoms with E-state index < -0.39 is 11.5 Å². The minimum atomic E-state index is -0.698. The first-order valence-corrected chi connectivity index (χ1v) is 6.95. The van der Waals surface area contributed by atoms with Crippen molar-refractivity contribution in [1.29, 1.82) is 0 Å². The maximum atomic E-state index is 11.2. The second-order valence-corrected chi connectivity index (χ2v) is 6.41. The van der Waals surface area contributed by atoms with Crippen LogP contribution >= 0.6 is 0 Å². The summed E-state index contributed by atoms with van der Waals surface area (Å²) in [6.45, 7) is 5.57. The number of hydrogen-bond acceptors (Lipinski definition) is 2. The first-order chi connectivity index (χ1) is 7.96. The van der Waals surface area contributed by atoms with E-state index in [-0.39, 0.29) is 0 Å². The van der Waals surface area contributed by atoms with Gasteiger partial charge in [-0.05, 0) is 58.0 Å². The molecule has 1 saturated carbocycles. The molecule has 0 unspecified atom stereocenters. The Morgan fingerprint density at radius 3 is 2.06 bits per heavy atom. The van der Waals surface area contributed by atoms with Crippen LogP contribution in [0.2, 0.25) is 0 Å². The van der Waals surface area contributed by atoms with Gasteiger partial charge in [-0.25, -0.2) is 0 Å². The highest BCUT2D eigenvalue weighted by molar-refractivity contribution is 5.77. The van der Waals surface area contributed by atoms with Crippen LogP contribution in [0.25, 0.3) is 0 Å². The minimum Gasteiger partial charge on any atom is -0.480 e. The Balaban J connectivity index is 1.95. The molecule has 3 nitrogen and oxygen atoms in total. The molecule has 0 aromatic rings. The molecule has 0 radical (unpaired) electrons. The van der Waals surface area contributed by atoms with Crippen molar-refractivity contribution in [2.75, 3.05) is 13.1 Å². The normalized spacial score (nSPS) is 26.0. The predicted molar refractivity (Wildman–Crippen MR) is 68.0 cm³/mol. The van der Waals surface area contributed by atoms with Gasteiger partial charge in [-0.1, -0.05) is 19.3 Å². The van der Waals surface area contributed by atoms with Gasteiger partial charge in [0.25, 0.3) is 0 Å². The maximum absolute atomic E-state index is 11.2. The first kappa shape index (κ1) is 12.9. The summed E-state index contributed by atoms with van der Waals surface area (Å²) in [6.07, 6.45) is 9.28. The van der Waals surface area contributed by atoms with Crippen LogP contribution in [-0.4, -0.2) is 34.6 Å². The van der Waals surface area contributed by atoms with E-state index in [1.54, 1.807) is 0 Å². The second-order valence-electron chi connectivity index (χ2n) is 6.41. The third-order valence-corrected chi connectivity index (χ3v) is 5.05. The van der Waals surface area contributed by atoms with E-state index in [9.17, 15) is 9.90 Å². The zero-order valence-corrected chi connectivity index (χ0v) is 11.2. The SMILES string of the molecule is CC(C)(C(=O)O)N1CCC2(CCCCC2)CC1. The largest absolute Gasteiger partial charge is 0.480 e. The monoisotopic (exact) mass is 239 g/mol. The molecular formula is C14H25NO2. The average Bonchev–Trinajstić information content (AvgIpc) is 2.30. The minimum absolute atomic E-state index is 0.559. The number of nitrogens with zero attached hydrogens (tertiary/aromatic N) is 1. The third-order valence-electron chi connectivity index (χ3n) is 5.05. The van der Waals surface area contributed by atoms with Crippen molar-refractivity contribution in [2.45, 2.75) is 64.3 Å². The smallest absolute Gasteiger partial charge is 0.323 e. The van der Waals surface area contributed by atoms with Gasteiger partial charge in [0, 0.05) is 0 Å². The first-order valence-electron chi connectivity index (χ1n) is 6.95. The van der Waals surface area contributed by atoms with Gasteiger partial charge in [-0.15, -0.1) is 0 Å². The van der Waals surface area contributed by atoms with Gasteiger partial charge in [0.1, 0.15) is 5.54 Å². The van der Waals surface area contributed by atoms with Crippen molar-refractivity contribution in [3.8, 4) is 0 Å². The summed E-state index contributed by atoms with van der Waals surface area (Å²) in [6, 6.07) is 0. The highest BCUT2D eigenvalue weighted by Crippen LogP contribution is 2.45. The predicted octanol–water partition coefficient (Wildman–Crippen LogP) is 2.90. The molecule has 98 valence electrons. The molecule has 2 rings (SSSR count). The number of likely N-dealkylation sites (tertiary alicyclic amines) is 1. The summed E-state index contributed by atoms with van der Waals surface area (Å²) in [4.78, 5) is 13.4. The zero-order valence-electron chi connectivity index (χ0n) is 11.2. The van der Waals surface area contributed by atoms with Crippen LogP contribution in [0, 0.1) is 5.41 Å². The van der Waals surface area contributed by atoms with E-state index >= 15 is 0 Å². The Labute approximate surface area is 104 Å². The molecule has 0 aromatic carbocycles. The Hall–Kier alpha value is -0.570. The Bertz CT molecular complexity index is 283. The van der Waals surface area contributed by atoms with Crippen LogP contribution < -0.4 is 0 Å². The molecule has 0 bridgehead atoms. The summed E-state index contributed by atoms with van der Waals surface area (Å²) in [7, 11) is 0. The summed E-state index contributed by atoms with van der Waals surface area (Å²) < 4.78 is 0. The molecule has 1 spiro atoms. The van der Waals surface area contributed by atoms with Crippen LogP contribution in [0.4, 0.5) is 0 Å². The van der Waals surface area contributed by atoms with E-state index in [0.29, 0.717) is 5.41 Å². The van der Waals surface area contributed by atoms with Crippen LogP contribution in [0.1, 0.15) is 58.8 Å². The van der Waals surface area contributed by atoms with E-state index in [1.807, 2.05) is 13.8 Å². The van der Waals surface area contributed by atoms with Crippen LogP contribution in [0.5, 0.6) is 0 Å². The van der Waals surface area contributed by atoms with E-state index in [2.05, 4.69) is 4.90 Å². The summed E-state index contributed by atoms with van der Waals surface area (Å²) >= 11 is 0. The Morgan fingerprint density at radius 2 is 1.59 bits per heavy atom. The lowest BCUT2D eigenvalue weighted by molar-refractivity contribution is -0.151. The molecule has 0 atom stereocenters. The molecule has 2 fully saturated rings. The van der Waals surface area contributed by atoms with E-state index in [0.717, 1.165) is 13.1 Å². The van der Waals surface area contributed by atoms with Crippen molar-refractivity contribution >= 4 is 5.97 Å². The van der Waals surface area contributed by atoms with Gasteiger partial charge in [0.15, 0.2) is 0 Å². The topological polar surface area (TPSA) is 40.5 Å². The lowest BCUT2D eigenvalue weighted by Crippen LogP contribution is -2.54. The van der Waals surface area contributed by atoms with Gasteiger partial charge in [0.2, 0.25) is 0 Å². The standard InChI is InChI=1S/C14H25NO2/c1-13(2,12(16)17)15-10-8-14(9-11-15)6-4-3-5-7-14/h3-11H2,1-2H3,(H,16,17). The lowest BCUT2D eigenvalue weighted by atomic mass is 9.67. The molecule has 1 heterocycles. The van der Waals surface area contributed by atoms with Crippen LogP contribution in [0.15, 0.2) is 0 Å². The molecule has 2 aliphatic rings. The molecule has 1 aliphatic carbocycles. The quantitative estimate of drug-likeness (QED) is 0.805. The molecule has 1 aliphatic heterocycles. The molecule has 0 aromatic heterocycles.